The third-order valence-corrected chi connectivity index (χ3v) is 3.81. The number of unbranched alkanes of at least 4 members (excludes halogenated alkanes) is 5. The first-order valence-corrected chi connectivity index (χ1v) is 8.42. The van der Waals surface area contributed by atoms with Crippen molar-refractivity contribution < 1.29 is 9.53 Å². The van der Waals surface area contributed by atoms with E-state index >= 15 is 0 Å². The normalized spacial score (nSPS) is 12.1. The van der Waals surface area contributed by atoms with Gasteiger partial charge in [0.1, 0.15) is 6.61 Å². The predicted octanol–water partition coefficient (Wildman–Crippen LogP) is 5.51. The van der Waals surface area contributed by atoms with Gasteiger partial charge in [0.25, 0.3) is 0 Å². The van der Waals surface area contributed by atoms with Crippen molar-refractivity contribution in [1.29, 1.82) is 0 Å². The zero-order chi connectivity index (χ0) is 15.3. The highest BCUT2D eigenvalue weighted by Crippen LogP contribution is 2.15. The van der Waals surface area contributed by atoms with Crippen molar-refractivity contribution in [2.24, 2.45) is 5.92 Å². The minimum Gasteiger partial charge on any atom is -0.461 e. The molecule has 0 radical (unpaired) electrons. The smallest absolute Gasteiger partial charge is 0.306 e. The van der Waals surface area contributed by atoms with Crippen LogP contribution in [0.2, 0.25) is 0 Å². The number of carbonyl (C=O) groups is 1. The van der Waals surface area contributed by atoms with E-state index in [1.54, 1.807) is 0 Å². The molecule has 0 amide bonds. The molecule has 2 nitrogen and oxygen atoms in total. The predicted molar refractivity (Wildman–Crippen MR) is 88.0 cm³/mol. The van der Waals surface area contributed by atoms with Crippen LogP contribution in [0.5, 0.6) is 0 Å². The van der Waals surface area contributed by atoms with E-state index in [1.165, 1.54) is 38.5 Å². The Bertz CT molecular complexity index is 372. The molecule has 0 aliphatic rings. The molecule has 2 heteroatoms. The van der Waals surface area contributed by atoms with Gasteiger partial charge >= 0.3 is 5.97 Å². The Morgan fingerprint density at radius 3 is 2.43 bits per heavy atom. The lowest BCUT2D eigenvalue weighted by Gasteiger charge is -2.11. The first-order valence-electron chi connectivity index (χ1n) is 8.42. The first-order chi connectivity index (χ1) is 10.2. The second-order valence-corrected chi connectivity index (χ2v) is 6.01. The van der Waals surface area contributed by atoms with Crippen molar-refractivity contribution in [2.45, 2.75) is 71.8 Å². The fourth-order valence-corrected chi connectivity index (χ4v) is 2.46. The molecule has 0 saturated carbocycles. The fourth-order valence-electron chi connectivity index (χ4n) is 2.46. The quantitative estimate of drug-likeness (QED) is 0.397. The summed E-state index contributed by atoms with van der Waals surface area (Å²) in [5, 5.41) is 0. The summed E-state index contributed by atoms with van der Waals surface area (Å²) in [6, 6.07) is 9.85. The van der Waals surface area contributed by atoms with Crippen LogP contribution in [0.4, 0.5) is 0 Å². The van der Waals surface area contributed by atoms with Gasteiger partial charge in [-0.25, -0.2) is 0 Å². The summed E-state index contributed by atoms with van der Waals surface area (Å²) in [6.07, 6.45) is 9.53. The molecular weight excluding hydrogens is 260 g/mol. The second-order valence-electron chi connectivity index (χ2n) is 6.01. The van der Waals surface area contributed by atoms with Gasteiger partial charge in [-0.1, -0.05) is 89.1 Å². The third-order valence-electron chi connectivity index (χ3n) is 3.81. The number of esters is 1. The summed E-state index contributed by atoms with van der Waals surface area (Å²) in [7, 11) is 0. The second kappa shape index (κ2) is 11.4. The molecule has 0 aliphatic heterocycles. The molecule has 0 aliphatic carbocycles. The summed E-state index contributed by atoms with van der Waals surface area (Å²) >= 11 is 0. The number of benzene rings is 1. The highest BCUT2D eigenvalue weighted by atomic mass is 16.5. The Morgan fingerprint density at radius 1 is 1.05 bits per heavy atom. The summed E-state index contributed by atoms with van der Waals surface area (Å²) in [6.45, 7) is 4.78. The largest absolute Gasteiger partial charge is 0.461 e. The van der Waals surface area contributed by atoms with Crippen LogP contribution in [-0.2, 0) is 16.1 Å². The maximum absolute atomic E-state index is 11.8. The minimum atomic E-state index is -0.0719. The van der Waals surface area contributed by atoms with E-state index in [0.717, 1.165) is 12.0 Å². The summed E-state index contributed by atoms with van der Waals surface area (Å²) in [4.78, 5) is 11.8. The molecule has 21 heavy (non-hydrogen) atoms. The van der Waals surface area contributed by atoms with Crippen molar-refractivity contribution in [3.8, 4) is 0 Å². The molecule has 0 saturated heterocycles. The molecule has 1 aromatic rings. The van der Waals surface area contributed by atoms with Gasteiger partial charge in [0.15, 0.2) is 0 Å². The lowest BCUT2D eigenvalue weighted by molar-refractivity contribution is -0.146. The van der Waals surface area contributed by atoms with Gasteiger partial charge in [0.05, 0.1) is 0 Å². The fraction of sp³-hybridized carbons (Fsp3) is 0.632. The minimum absolute atomic E-state index is 0.0719. The average molecular weight is 290 g/mol. The van der Waals surface area contributed by atoms with Gasteiger partial charge in [0, 0.05) is 6.42 Å². The Balaban J connectivity index is 2.05. The first kappa shape index (κ1) is 17.7. The highest BCUT2D eigenvalue weighted by molar-refractivity contribution is 5.69. The van der Waals surface area contributed by atoms with E-state index in [2.05, 4.69) is 13.8 Å². The van der Waals surface area contributed by atoms with Gasteiger partial charge in [-0.3, -0.25) is 4.79 Å². The monoisotopic (exact) mass is 290 g/mol. The number of carbonyl (C=O) groups excluding carboxylic acids is 1. The average Bonchev–Trinajstić information content (AvgIpc) is 2.50. The molecule has 0 bridgehead atoms. The van der Waals surface area contributed by atoms with Gasteiger partial charge in [-0.05, 0) is 11.5 Å². The molecule has 118 valence electrons. The molecule has 1 aromatic carbocycles. The number of rotatable bonds is 11. The molecule has 1 atom stereocenters. The third kappa shape index (κ3) is 9.28. The van der Waals surface area contributed by atoms with Crippen molar-refractivity contribution >= 4 is 5.97 Å². The van der Waals surface area contributed by atoms with E-state index in [4.69, 9.17) is 4.74 Å². The van der Waals surface area contributed by atoms with E-state index in [0.29, 0.717) is 18.9 Å². The standard InChI is InChI=1S/C19H30O2/c1-3-4-5-6-7-9-12-17(2)15-19(20)21-16-18-13-10-8-11-14-18/h8,10-11,13-14,17H,3-7,9,12,15-16H2,1-2H3. The summed E-state index contributed by atoms with van der Waals surface area (Å²) < 4.78 is 5.32. The molecule has 0 heterocycles. The van der Waals surface area contributed by atoms with Crippen LogP contribution in [0.1, 0.15) is 70.8 Å². The Labute approximate surface area is 129 Å². The Hall–Kier alpha value is -1.31. The van der Waals surface area contributed by atoms with Crippen LogP contribution in [0.15, 0.2) is 30.3 Å². The SMILES string of the molecule is CCCCCCCCC(C)CC(=O)OCc1ccccc1. The molecule has 0 spiro atoms. The molecule has 0 fully saturated rings. The maximum atomic E-state index is 11.8. The number of hydrogen-bond donors (Lipinski definition) is 0. The van der Waals surface area contributed by atoms with E-state index in [-0.39, 0.29) is 5.97 Å². The van der Waals surface area contributed by atoms with Gasteiger partial charge in [-0.15, -0.1) is 0 Å². The van der Waals surface area contributed by atoms with Gasteiger partial charge in [-0.2, -0.15) is 0 Å². The van der Waals surface area contributed by atoms with Crippen LogP contribution >= 0.6 is 0 Å². The summed E-state index contributed by atoms with van der Waals surface area (Å²) in [5.74, 6) is 0.358. The van der Waals surface area contributed by atoms with Crippen molar-refractivity contribution in [3.63, 3.8) is 0 Å². The van der Waals surface area contributed by atoms with Crippen molar-refractivity contribution in [1.82, 2.24) is 0 Å². The van der Waals surface area contributed by atoms with Crippen LogP contribution in [-0.4, -0.2) is 5.97 Å². The molecular formula is C19H30O2. The van der Waals surface area contributed by atoms with Crippen molar-refractivity contribution in [3.05, 3.63) is 35.9 Å². The van der Waals surface area contributed by atoms with E-state index in [9.17, 15) is 4.79 Å². The maximum Gasteiger partial charge on any atom is 0.306 e. The zero-order valence-electron chi connectivity index (χ0n) is 13.6. The Morgan fingerprint density at radius 2 is 1.71 bits per heavy atom. The zero-order valence-corrected chi connectivity index (χ0v) is 13.6. The van der Waals surface area contributed by atoms with Gasteiger partial charge < -0.3 is 4.74 Å². The van der Waals surface area contributed by atoms with Crippen LogP contribution in [0.3, 0.4) is 0 Å². The Kier molecular flexibility index (Phi) is 9.60. The number of ether oxygens (including phenoxy) is 1. The lowest BCUT2D eigenvalue weighted by atomic mass is 9.99. The molecule has 1 unspecified atom stereocenters. The summed E-state index contributed by atoms with van der Waals surface area (Å²) in [5.41, 5.74) is 1.05. The van der Waals surface area contributed by atoms with E-state index < -0.39 is 0 Å². The van der Waals surface area contributed by atoms with Crippen molar-refractivity contribution in [2.75, 3.05) is 0 Å². The lowest BCUT2D eigenvalue weighted by Crippen LogP contribution is -2.09. The number of hydrogen-bond acceptors (Lipinski definition) is 2. The van der Waals surface area contributed by atoms with E-state index in [1.807, 2.05) is 30.3 Å². The molecule has 0 N–H and O–H groups in total. The van der Waals surface area contributed by atoms with Crippen LogP contribution < -0.4 is 0 Å². The molecule has 0 aromatic heterocycles. The van der Waals surface area contributed by atoms with Crippen LogP contribution in [0.25, 0.3) is 0 Å². The highest BCUT2D eigenvalue weighted by Gasteiger charge is 2.10. The molecule has 1 rings (SSSR count). The van der Waals surface area contributed by atoms with Crippen LogP contribution in [0, 0.1) is 5.92 Å². The van der Waals surface area contributed by atoms with Gasteiger partial charge in [0.2, 0.25) is 0 Å². The topological polar surface area (TPSA) is 26.3 Å².